The summed E-state index contributed by atoms with van der Waals surface area (Å²) in [6, 6.07) is 10.5. The molecule has 51 heavy (non-hydrogen) atoms. The predicted molar refractivity (Wildman–Crippen MR) is 183 cm³/mol. The smallest absolute Gasteiger partial charge is 0.387 e. The molecule has 1 saturated carbocycles. The minimum Gasteiger partial charge on any atom is -0.755 e. The molecule has 1 aliphatic carbocycles. The van der Waals surface area contributed by atoms with Gasteiger partial charge in [0.05, 0.1) is 6.61 Å². The Morgan fingerprint density at radius 2 is 1.76 bits per heavy atom. The van der Waals surface area contributed by atoms with E-state index in [1.54, 1.807) is 49.7 Å². The van der Waals surface area contributed by atoms with Gasteiger partial charge in [-0.2, -0.15) is 13.5 Å². The van der Waals surface area contributed by atoms with Crippen LogP contribution in [-0.2, 0) is 43.3 Å². The number of aromatic nitrogens is 2. The van der Waals surface area contributed by atoms with E-state index in [4.69, 9.17) is 37.4 Å². The molecular weight excluding hydrogens is 735 g/mol. The zero-order valence-electron chi connectivity index (χ0n) is 27.7. The summed E-state index contributed by atoms with van der Waals surface area (Å²) in [5.41, 5.74) is 0.623. The van der Waals surface area contributed by atoms with Gasteiger partial charge in [0, 0.05) is 46.0 Å². The van der Waals surface area contributed by atoms with E-state index >= 15 is 0 Å². The van der Waals surface area contributed by atoms with Gasteiger partial charge in [-0.15, -0.1) is 0 Å². The van der Waals surface area contributed by atoms with Gasteiger partial charge in [0.15, 0.2) is 23.9 Å². The average molecular weight is 770 g/mol. The van der Waals surface area contributed by atoms with Crippen LogP contribution in [0.25, 0.3) is 10.9 Å². The van der Waals surface area contributed by atoms with Gasteiger partial charge in [0.2, 0.25) is 0 Å². The summed E-state index contributed by atoms with van der Waals surface area (Å²) < 4.78 is 75.0. The summed E-state index contributed by atoms with van der Waals surface area (Å²) in [6.45, 7) is 1.37. The number of carbonyl (C=O) groups is 2. The summed E-state index contributed by atoms with van der Waals surface area (Å²) in [7, 11) is 0. The fourth-order valence-electron chi connectivity index (χ4n) is 5.20. The second kappa shape index (κ2) is 16.0. The predicted octanol–water partition coefficient (Wildman–Crippen LogP) is 6.44. The van der Waals surface area contributed by atoms with Crippen molar-refractivity contribution in [2.45, 2.75) is 64.9 Å². The molecule has 0 bridgehead atoms. The van der Waals surface area contributed by atoms with E-state index < -0.39 is 48.1 Å². The first-order valence-electron chi connectivity index (χ1n) is 15.7. The number of benzene rings is 2. The fourth-order valence-corrected chi connectivity index (χ4v) is 6.29. The number of carbonyl (C=O) groups excluding carboxylic acids is 2. The monoisotopic (exact) mass is 768 g/mol. The van der Waals surface area contributed by atoms with Crippen molar-refractivity contribution in [2.75, 3.05) is 17.5 Å². The molecule has 1 aliphatic rings. The average Bonchev–Trinajstić information content (AvgIpc) is 3.78. The summed E-state index contributed by atoms with van der Waals surface area (Å²) in [5, 5.41) is 12.5. The van der Waals surface area contributed by atoms with E-state index in [1.807, 2.05) is 0 Å². The van der Waals surface area contributed by atoms with Gasteiger partial charge in [-0.3, -0.25) is 18.1 Å². The van der Waals surface area contributed by atoms with Crippen LogP contribution in [0.2, 0.25) is 10.0 Å². The third kappa shape index (κ3) is 10.4. The third-order valence-electron chi connectivity index (χ3n) is 7.66. The van der Waals surface area contributed by atoms with Crippen LogP contribution >= 0.6 is 23.2 Å². The SMILES string of the molecule is CC(C)(C)OC(=O)CN(c1ccc2c(ccn2CC(=O)O[C@@H](Cc2c(Cl)c[n+]([O-])cc2Cl)c2ccc(OC(F)F)c(OCC3CC3)c2)c1)S(=O)[O-]. The van der Waals surface area contributed by atoms with Crippen LogP contribution < -0.4 is 18.5 Å². The molecule has 0 saturated heterocycles. The normalized spacial score (nSPS) is 14.3. The van der Waals surface area contributed by atoms with Crippen molar-refractivity contribution in [1.29, 1.82) is 0 Å². The fraction of sp³-hybridized carbons (Fsp3) is 0.382. The Hall–Kier alpha value is -4.18. The zero-order chi connectivity index (χ0) is 37.0. The van der Waals surface area contributed by atoms with Gasteiger partial charge in [-0.1, -0.05) is 29.3 Å². The van der Waals surface area contributed by atoms with E-state index in [1.165, 1.54) is 24.3 Å². The van der Waals surface area contributed by atoms with Crippen molar-refractivity contribution < 1.29 is 50.8 Å². The number of hydrogen-bond acceptors (Lipinski definition) is 9. The Kier molecular flexibility index (Phi) is 11.9. The van der Waals surface area contributed by atoms with Crippen LogP contribution in [0.4, 0.5) is 14.5 Å². The van der Waals surface area contributed by atoms with E-state index in [0.29, 0.717) is 39.3 Å². The summed E-state index contributed by atoms with van der Waals surface area (Å²) in [5.74, 6) is -1.29. The maximum Gasteiger partial charge on any atom is 0.387 e. The number of nitrogens with zero attached hydrogens (tertiary/aromatic N) is 3. The first-order chi connectivity index (χ1) is 24.1. The number of ether oxygens (including phenoxy) is 4. The topological polar surface area (TPSA) is 146 Å². The number of alkyl halides is 2. The highest BCUT2D eigenvalue weighted by Crippen LogP contribution is 2.38. The third-order valence-corrected chi connectivity index (χ3v) is 9.01. The molecule has 0 N–H and O–H groups in total. The van der Waals surface area contributed by atoms with Gasteiger partial charge in [0.25, 0.3) is 0 Å². The van der Waals surface area contributed by atoms with Crippen LogP contribution in [0.15, 0.2) is 61.1 Å². The number of hydrogen-bond donors (Lipinski definition) is 0. The molecule has 2 aromatic heterocycles. The summed E-state index contributed by atoms with van der Waals surface area (Å²) in [6.07, 6.45) is 4.56. The van der Waals surface area contributed by atoms with Gasteiger partial charge < -0.3 is 33.3 Å². The number of fused-ring (bicyclic) bond motifs is 1. The van der Waals surface area contributed by atoms with E-state index in [2.05, 4.69) is 4.74 Å². The van der Waals surface area contributed by atoms with Crippen molar-refractivity contribution >= 4 is 63.0 Å². The Bertz CT molecular complexity index is 1910. The van der Waals surface area contributed by atoms with Crippen molar-refractivity contribution in [1.82, 2.24) is 4.57 Å². The van der Waals surface area contributed by atoms with E-state index in [9.17, 15) is 32.3 Å². The lowest BCUT2D eigenvalue weighted by Gasteiger charge is -2.27. The van der Waals surface area contributed by atoms with Crippen molar-refractivity contribution in [3.05, 3.63) is 87.4 Å². The zero-order valence-corrected chi connectivity index (χ0v) is 30.0. The van der Waals surface area contributed by atoms with Crippen molar-refractivity contribution in [2.24, 2.45) is 5.92 Å². The number of esters is 2. The Morgan fingerprint density at radius 3 is 2.39 bits per heavy atom. The minimum atomic E-state index is -3.10. The molecule has 12 nitrogen and oxygen atoms in total. The molecule has 2 atom stereocenters. The maximum absolute atomic E-state index is 13.5. The Labute approximate surface area is 304 Å². The molecule has 1 unspecified atom stereocenters. The van der Waals surface area contributed by atoms with Crippen molar-refractivity contribution in [3.63, 3.8) is 0 Å². The number of rotatable bonds is 15. The highest BCUT2D eigenvalue weighted by Gasteiger charge is 2.27. The molecule has 2 heterocycles. The molecule has 0 aliphatic heterocycles. The van der Waals surface area contributed by atoms with Crippen LogP contribution in [0.3, 0.4) is 0 Å². The second-order valence-corrected chi connectivity index (χ2v) is 14.5. The second-order valence-electron chi connectivity index (χ2n) is 12.8. The first kappa shape index (κ1) is 38.1. The molecule has 0 radical (unpaired) electrons. The Balaban J connectivity index is 1.40. The highest BCUT2D eigenvalue weighted by molar-refractivity contribution is 7.80. The molecule has 4 aromatic rings. The van der Waals surface area contributed by atoms with E-state index in [0.717, 1.165) is 29.5 Å². The standard InChI is InChI=1S/C34H35Cl2F2N3O9S/c1-34(2,3)50-32(43)18-41(51(45)46)23-7-8-27-21(12-23)10-11-39(27)17-31(42)48-29(14-24-25(35)15-40(44)16-26(24)36)22-6-9-28(49-33(37)38)30(13-22)47-19-20-4-5-20/h6-13,15-16,20,29,33H,4-5,14,17-19H2,1-3H3,(H,45,46)/p-1/t29-/m0/s1. The van der Waals surface area contributed by atoms with Crippen LogP contribution in [0, 0.1) is 11.1 Å². The summed E-state index contributed by atoms with van der Waals surface area (Å²) in [4.78, 5) is 25.9. The minimum absolute atomic E-state index is 0.0216. The highest BCUT2D eigenvalue weighted by atomic mass is 35.5. The van der Waals surface area contributed by atoms with Crippen LogP contribution in [0.1, 0.15) is 50.8 Å². The number of halogens is 4. The maximum atomic E-state index is 13.5. The van der Waals surface area contributed by atoms with Crippen LogP contribution in [-0.4, -0.2) is 50.6 Å². The summed E-state index contributed by atoms with van der Waals surface area (Å²) >= 11 is 9.91. The van der Waals surface area contributed by atoms with Crippen molar-refractivity contribution in [3.8, 4) is 11.5 Å². The quantitative estimate of drug-likeness (QED) is 0.0577. The lowest BCUT2D eigenvalue weighted by molar-refractivity contribution is -0.605. The molecule has 5 rings (SSSR count). The van der Waals surface area contributed by atoms with Crippen LogP contribution in [0.5, 0.6) is 11.5 Å². The first-order valence-corrected chi connectivity index (χ1v) is 17.5. The lowest BCUT2D eigenvalue weighted by atomic mass is 10.0. The lowest BCUT2D eigenvalue weighted by Crippen LogP contribution is -2.36. The molecule has 0 spiro atoms. The van der Waals surface area contributed by atoms with Gasteiger partial charge in [-0.25, -0.2) is 0 Å². The van der Waals surface area contributed by atoms with Gasteiger partial charge in [-0.05, 0) is 81.5 Å². The number of pyridine rings is 1. The van der Waals surface area contributed by atoms with Gasteiger partial charge >= 0.3 is 18.6 Å². The number of anilines is 1. The molecule has 274 valence electrons. The molecular formula is C34H34Cl2F2N3O9S-. The van der Waals surface area contributed by atoms with E-state index in [-0.39, 0.29) is 40.2 Å². The molecule has 17 heteroatoms. The molecule has 0 amide bonds. The largest absolute Gasteiger partial charge is 0.755 e. The van der Waals surface area contributed by atoms with Gasteiger partial charge in [0.1, 0.15) is 34.8 Å². The molecule has 1 fully saturated rings. The molecule has 2 aromatic carbocycles. The Morgan fingerprint density at radius 1 is 1.06 bits per heavy atom.